The van der Waals surface area contributed by atoms with E-state index in [1.54, 1.807) is 0 Å². The number of rotatable bonds is 4. The number of phenolic OH excluding ortho intramolecular Hbond substituents is 8. The van der Waals surface area contributed by atoms with Gasteiger partial charge in [-0.05, 0) is 72.8 Å². The van der Waals surface area contributed by atoms with Crippen molar-refractivity contribution in [1.29, 1.82) is 0 Å². The average Bonchev–Trinajstić information content (AvgIpc) is 2.95. The Morgan fingerprint density at radius 3 is 0.542 bits per heavy atom. The number of carbonyl (C=O) groups is 4. The summed E-state index contributed by atoms with van der Waals surface area (Å²) in [6, 6.07) is 13.3. The van der Waals surface area contributed by atoms with Crippen molar-refractivity contribution in [3.63, 3.8) is 0 Å². The third-order valence-electron chi connectivity index (χ3n) is 4.89. The van der Waals surface area contributed by atoms with Crippen LogP contribution in [0.15, 0.2) is 72.8 Å². The summed E-state index contributed by atoms with van der Waals surface area (Å²) in [5.41, 5.74) is -0.221. The van der Waals surface area contributed by atoms with E-state index in [2.05, 4.69) is 0 Å². The fourth-order valence-corrected chi connectivity index (χ4v) is 2.63. The van der Waals surface area contributed by atoms with Gasteiger partial charge in [0.05, 0.1) is 22.3 Å². The van der Waals surface area contributed by atoms with Gasteiger partial charge in [-0.1, -0.05) is 0 Å². The Bertz CT molecular complexity index is 1420. The number of hydrogen-bond donors (Lipinski definition) is 12. The number of carboxylic acid groups (broad SMARTS) is 4. The van der Waals surface area contributed by atoms with Crippen LogP contribution < -0.4 is 0 Å². The maximum Gasteiger partial charge on any atom is 0.335 e. The molecule has 0 saturated carbocycles. The molecule has 4 aromatic rings. The average molecular weight is 689 g/mol. The second kappa shape index (κ2) is 21.7. The van der Waals surface area contributed by atoms with Crippen molar-refractivity contribution in [2.75, 3.05) is 0 Å². The lowest BCUT2D eigenvalue weighted by Gasteiger charge is -1.97. The zero-order valence-electron chi connectivity index (χ0n) is 23.9. The molecule has 264 valence electrons. The molecule has 4 aromatic carbocycles. The third-order valence-corrected chi connectivity index (χ3v) is 4.89. The quantitative estimate of drug-likeness (QED) is 0.124. The number of benzene rings is 4. The Labute approximate surface area is 267 Å². The van der Waals surface area contributed by atoms with Crippen LogP contribution in [0.5, 0.6) is 46.0 Å². The van der Waals surface area contributed by atoms with Crippen molar-refractivity contribution < 1.29 is 102 Å². The molecule has 0 bridgehead atoms. The Morgan fingerprint density at radius 1 is 0.292 bits per heavy atom. The normalized spacial score (nSPS) is 8.67. The molecule has 0 heterocycles. The van der Waals surface area contributed by atoms with Crippen LogP contribution in [-0.2, 0) is 0 Å². The fraction of sp³-hybridized carbons (Fsp3) is 0. The van der Waals surface area contributed by atoms with Gasteiger partial charge in [0.15, 0.2) is 46.0 Å². The van der Waals surface area contributed by atoms with Crippen molar-refractivity contribution in [3.05, 3.63) is 95.1 Å². The lowest BCUT2D eigenvalue weighted by atomic mass is 10.2. The second-order valence-electron chi connectivity index (χ2n) is 8.03. The van der Waals surface area contributed by atoms with Crippen LogP contribution in [-0.4, -0.2) is 107 Å². The summed E-state index contributed by atoms with van der Waals surface area (Å²) >= 11 is 0. The van der Waals surface area contributed by atoms with Crippen molar-refractivity contribution >= 4 is 23.9 Å². The van der Waals surface area contributed by atoms with Crippen molar-refractivity contribution in [3.8, 4) is 46.0 Å². The van der Waals surface area contributed by atoms with Crippen molar-refractivity contribution in [1.82, 2.24) is 0 Å². The van der Waals surface area contributed by atoms with E-state index in [1.807, 2.05) is 0 Å². The highest BCUT2D eigenvalue weighted by atomic mass is 16.4. The number of hydrogen-bond acceptors (Lipinski definition) is 12. The summed E-state index contributed by atoms with van der Waals surface area (Å²) in [4.78, 5) is 41.1. The van der Waals surface area contributed by atoms with Crippen LogP contribution in [0.1, 0.15) is 41.4 Å². The fourth-order valence-electron chi connectivity index (χ4n) is 2.63. The van der Waals surface area contributed by atoms with Crippen molar-refractivity contribution in [2.45, 2.75) is 0 Å². The van der Waals surface area contributed by atoms with Gasteiger partial charge in [0.2, 0.25) is 0 Å². The summed E-state index contributed by atoms with van der Waals surface area (Å²) in [5.74, 6) is -7.55. The first-order chi connectivity index (χ1) is 20.4. The third kappa shape index (κ3) is 15.1. The molecule has 20 heteroatoms. The molecule has 0 radical (unpaired) electrons. The predicted octanol–water partition coefficient (Wildman–Crippen LogP) is -0.115. The van der Waals surface area contributed by atoms with Crippen LogP contribution in [0.4, 0.5) is 0 Å². The van der Waals surface area contributed by atoms with Crippen molar-refractivity contribution in [2.24, 2.45) is 0 Å². The molecule has 4 rings (SSSR count). The Morgan fingerprint density at radius 2 is 0.438 bits per heavy atom. The molecule has 0 atom stereocenters. The molecule has 0 fully saturated rings. The van der Waals surface area contributed by atoms with Gasteiger partial charge in [-0.25, -0.2) is 19.2 Å². The highest BCUT2D eigenvalue weighted by molar-refractivity contribution is 5.89. The van der Waals surface area contributed by atoms with Crippen LogP contribution >= 0.6 is 0 Å². The van der Waals surface area contributed by atoms with E-state index in [-0.39, 0.29) is 67.2 Å². The first-order valence-electron chi connectivity index (χ1n) is 11.5. The molecule has 0 spiro atoms. The van der Waals surface area contributed by atoms with Gasteiger partial charge in [-0.3, -0.25) is 0 Å². The Hall–Kier alpha value is -7.00. The van der Waals surface area contributed by atoms with E-state index in [4.69, 9.17) is 61.3 Å². The molecule has 0 aliphatic rings. The summed E-state index contributed by atoms with van der Waals surface area (Å²) < 4.78 is 0. The van der Waals surface area contributed by atoms with Gasteiger partial charge in [0.25, 0.3) is 0 Å². The SMILES string of the molecule is O.O.O.O.O=C(O)c1ccc(O)c(O)c1.O=C(O)c1ccc(O)c(O)c1.O=C(O)c1ccc(O)c(O)c1.O=C(O)c1ccc(O)c(O)c1. The Balaban J connectivity index is -0.000000262. The Kier molecular flexibility index (Phi) is 21.6. The maximum absolute atomic E-state index is 10.3. The second-order valence-corrected chi connectivity index (χ2v) is 8.03. The molecular weight excluding hydrogens is 656 g/mol. The number of aromatic carboxylic acids is 4. The molecule has 48 heavy (non-hydrogen) atoms. The molecule has 0 aliphatic heterocycles. The minimum Gasteiger partial charge on any atom is -0.504 e. The molecule has 0 amide bonds. The molecule has 0 aromatic heterocycles. The molecule has 0 saturated heterocycles. The number of carboxylic acids is 4. The standard InChI is InChI=1S/4C7H6O4.4H2O/c4*8-5-2-1-4(7(10)11)3-6(5)9;;;;/h4*1-3,8-9H,(H,10,11);4*1H2. The molecule has 20 N–H and O–H groups in total. The first kappa shape index (κ1) is 47.9. The van der Waals surface area contributed by atoms with Crippen LogP contribution in [0, 0.1) is 0 Å². The van der Waals surface area contributed by atoms with E-state index in [9.17, 15) is 19.2 Å². The minimum atomic E-state index is -1.14. The monoisotopic (exact) mass is 688 g/mol. The highest BCUT2D eigenvalue weighted by Gasteiger charge is 2.08. The summed E-state index contributed by atoms with van der Waals surface area (Å²) in [6.45, 7) is 0. The zero-order valence-corrected chi connectivity index (χ0v) is 23.9. The zero-order chi connectivity index (χ0) is 33.7. The lowest BCUT2D eigenvalue weighted by molar-refractivity contribution is 0.0685. The van der Waals surface area contributed by atoms with E-state index in [0.29, 0.717) is 0 Å². The van der Waals surface area contributed by atoms with Gasteiger partial charge < -0.3 is 83.2 Å². The maximum atomic E-state index is 10.3. The van der Waals surface area contributed by atoms with Gasteiger partial charge in [-0.2, -0.15) is 0 Å². The van der Waals surface area contributed by atoms with E-state index >= 15 is 0 Å². The van der Waals surface area contributed by atoms with E-state index < -0.39 is 46.9 Å². The highest BCUT2D eigenvalue weighted by Crippen LogP contribution is 2.26. The lowest BCUT2D eigenvalue weighted by Crippen LogP contribution is -1.94. The molecule has 0 aliphatic carbocycles. The molecular formula is C28H32O20. The summed E-state index contributed by atoms with van der Waals surface area (Å²) in [5, 5.41) is 104. The van der Waals surface area contributed by atoms with Gasteiger partial charge in [0, 0.05) is 0 Å². The molecule has 0 unspecified atom stereocenters. The van der Waals surface area contributed by atoms with Gasteiger partial charge >= 0.3 is 23.9 Å². The van der Waals surface area contributed by atoms with Crippen LogP contribution in [0.3, 0.4) is 0 Å². The largest absolute Gasteiger partial charge is 0.504 e. The van der Waals surface area contributed by atoms with E-state index in [0.717, 1.165) is 48.5 Å². The van der Waals surface area contributed by atoms with Crippen LogP contribution in [0.25, 0.3) is 0 Å². The summed E-state index contributed by atoms with van der Waals surface area (Å²) in [6.07, 6.45) is 0. The molecule has 20 nitrogen and oxygen atoms in total. The predicted molar refractivity (Wildman–Crippen MR) is 161 cm³/mol. The topological polar surface area (TPSA) is 437 Å². The van der Waals surface area contributed by atoms with Gasteiger partial charge in [0.1, 0.15) is 0 Å². The van der Waals surface area contributed by atoms with Crippen LogP contribution in [0.2, 0.25) is 0 Å². The first-order valence-corrected chi connectivity index (χ1v) is 11.5. The number of aromatic hydroxyl groups is 8. The summed E-state index contributed by atoms with van der Waals surface area (Å²) in [7, 11) is 0. The minimum absolute atomic E-state index is 0. The number of phenols is 8. The van der Waals surface area contributed by atoms with E-state index in [1.165, 1.54) is 24.3 Å². The van der Waals surface area contributed by atoms with Gasteiger partial charge in [-0.15, -0.1) is 0 Å². The smallest absolute Gasteiger partial charge is 0.335 e.